The van der Waals surface area contributed by atoms with Gasteiger partial charge in [-0.3, -0.25) is 18.7 Å². The Labute approximate surface area is 157 Å². The summed E-state index contributed by atoms with van der Waals surface area (Å²) >= 11 is 0. The second-order valence-corrected chi connectivity index (χ2v) is 7.53. The largest absolute Gasteiger partial charge is 0.331 e. The topological polar surface area (TPSA) is 73.1 Å². The van der Waals surface area contributed by atoms with E-state index in [2.05, 4.69) is 5.32 Å². The van der Waals surface area contributed by atoms with E-state index in [1.54, 1.807) is 0 Å². The van der Waals surface area contributed by atoms with Gasteiger partial charge in [-0.15, -0.1) is 0 Å². The van der Waals surface area contributed by atoms with E-state index in [4.69, 9.17) is 0 Å². The van der Waals surface area contributed by atoms with Crippen molar-refractivity contribution in [3.8, 4) is 0 Å². The molecule has 1 N–H and O–H groups in total. The first-order valence-electron chi connectivity index (χ1n) is 9.87. The highest BCUT2D eigenvalue weighted by atomic mass is 16.2. The molecule has 27 heavy (non-hydrogen) atoms. The molecule has 2 aliphatic carbocycles. The van der Waals surface area contributed by atoms with Crippen LogP contribution in [0.1, 0.15) is 55.8 Å². The maximum Gasteiger partial charge on any atom is 0.331 e. The van der Waals surface area contributed by atoms with Crippen LogP contribution in [0.25, 0.3) is 0 Å². The average Bonchev–Trinajstić information content (AvgIpc) is 3.17. The van der Waals surface area contributed by atoms with E-state index in [1.165, 1.54) is 9.13 Å². The summed E-state index contributed by atoms with van der Waals surface area (Å²) in [7, 11) is 0. The number of benzene rings is 1. The highest BCUT2D eigenvalue weighted by molar-refractivity contribution is 5.90. The maximum atomic E-state index is 13.2. The molecule has 6 nitrogen and oxygen atoms in total. The lowest BCUT2D eigenvalue weighted by Gasteiger charge is -2.25. The molecule has 0 unspecified atom stereocenters. The molecule has 2 aromatic rings. The molecule has 142 valence electrons. The lowest BCUT2D eigenvalue weighted by atomic mass is 9.95. The Morgan fingerprint density at radius 3 is 2.48 bits per heavy atom. The predicted octanol–water partition coefficient (Wildman–Crippen LogP) is 2.64. The van der Waals surface area contributed by atoms with Crippen LogP contribution < -0.4 is 16.6 Å². The van der Waals surface area contributed by atoms with E-state index < -0.39 is 0 Å². The Hall–Kier alpha value is -2.63. The molecule has 0 saturated heterocycles. The first kappa shape index (κ1) is 17.8. The third-order valence-corrected chi connectivity index (χ3v) is 5.73. The van der Waals surface area contributed by atoms with Gasteiger partial charge in [-0.25, -0.2) is 4.79 Å². The molecular weight excluding hydrogens is 342 g/mol. The highest BCUT2D eigenvalue weighted by Gasteiger charge is 2.27. The average molecular weight is 367 g/mol. The third kappa shape index (κ3) is 3.48. The van der Waals surface area contributed by atoms with Crippen molar-refractivity contribution >= 4 is 11.6 Å². The van der Waals surface area contributed by atoms with Crippen molar-refractivity contribution < 1.29 is 4.79 Å². The summed E-state index contributed by atoms with van der Waals surface area (Å²) < 4.78 is 2.98. The fraction of sp³-hybridized carbons (Fsp3) is 0.476. The van der Waals surface area contributed by atoms with Gasteiger partial charge in [-0.05, 0) is 44.2 Å². The van der Waals surface area contributed by atoms with Gasteiger partial charge < -0.3 is 5.32 Å². The van der Waals surface area contributed by atoms with Crippen LogP contribution in [0.5, 0.6) is 0 Å². The van der Waals surface area contributed by atoms with Gasteiger partial charge in [0.05, 0.1) is 0 Å². The Morgan fingerprint density at radius 1 is 1.00 bits per heavy atom. The fourth-order valence-corrected chi connectivity index (χ4v) is 4.42. The molecule has 6 heteroatoms. The lowest BCUT2D eigenvalue weighted by molar-refractivity contribution is -0.116. The second-order valence-electron chi connectivity index (χ2n) is 7.53. The van der Waals surface area contributed by atoms with Gasteiger partial charge in [-0.1, -0.05) is 37.5 Å². The first-order chi connectivity index (χ1) is 13.1. The van der Waals surface area contributed by atoms with Crippen molar-refractivity contribution in [2.75, 3.05) is 5.32 Å². The molecule has 1 aromatic carbocycles. The number of carbonyl (C=O) groups is 1. The molecule has 2 aliphatic rings. The quantitative estimate of drug-likeness (QED) is 0.903. The third-order valence-electron chi connectivity index (χ3n) is 5.73. The summed E-state index contributed by atoms with van der Waals surface area (Å²) in [6, 6.07) is 9.17. The molecular formula is C21H25N3O3. The number of aromatic nitrogens is 2. The van der Waals surface area contributed by atoms with Gasteiger partial charge in [-0.2, -0.15) is 0 Å². The van der Waals surface area contributed by atoms with Gasteiger partial charge >= 0.3 is 5.69 Å². The van der Waals surface area contributed by atoms with Crippen LogP contribution >= 0.6 is 0 Å². The van der Waals surface area contributed by atoms with E-state index in [9.17, 15) is 14.4 Å². The number of carbonyl (C=O) groups excluding carboxylic acids is 1. The van der Waals surface area contributed by atoms with E-state index in [0.29, 0.717) is 18.5 Å². The Bertz CT molecular complexity index is 953. The molecule has 0 atom stereocenters. The van der Waals surface area contributed by atoms with Crippen LogP contribution in [0.15, 0.2) is 39.9 Å². The minimum Gasteiger partial charge on any atom is -0.325 e. The number of amides is 1. The summed E-state index contributed by atoms with van der Waals surface area (Å²) in [5, 5.41) is 2.84. The van der Waals surface area contributed by atoms with Crippen molar-refractivity contribution in [2.24, 2.45) is 0 Å². The molecule has 0 bridgehead atoms. The van der Waals surface area contributed by atoms with Gasteiger partial charge in [0.25, 0.3) is 5.56 Å². The molecule has 1 fully saturated rings. The number of para-hydroxylation sites is 1. The first-order valence-corrected chi connectivity index (χ1v) is 9.87. The molecule has 1 saturated carbocycles. The molecule has 0 radical (unpaired) electrons. The van der Waals surface area contributed by atoms with Crippen molar-refractivity contribution in [1.82, 2.24) is 9.13 Å². The summed E-state index contributed by atoms with van der Waals surface area (Å²) in [5.74, 6) is -0.244. The zero-order valence-corrected chi connectivity index (χ0v) is 15.4. The number of hydrogen-bond acceptors (Lipinski definition) is 3. The summed E-state index contributed by atoms with van der Waals surface area (Å²) in [6.07, 6.45) is 7.22. The SMILES string of the molecule is O=C(Cn1c2c(c(=O)n(C3CCCCC3)c1=O)CCC2)Nc1ccccc1. The smallest absolute Gasteiger partial charge is 0.325 e. The summed E-state index contributed by atoms with van der Waals surface area (Å²) in [4.78, 5) is 38.7. The Balaban J connectivity index is 1.69. The zero-order chi connectivity index (χ0) is 18.8. The minimum absolute atomic E-state index is 0.0342. The monoisotopic (exact) mass is 367 g/mol. The highest BCUT2D eigenvalue weighted by Crippen LogP contribution is 2.27. The van der Waals surface area contributed by atoms with Crippen LogP contribution in [0.2, 0.25) is 0 Å². The van der Waals surface area contributed by atoms with Gasteiger partial charge in [0.2, 0.25) is 5.91 Å². The van der Waals surface area contributed by atoms with Crippen LogP contribution in [-0.4, -0.2) is 15.0 Å². The Morgan fingerprint density at radius 2 is 1.74 bits per heavy atom. The second kappa shape index (κ2) is 7.55. The minimum atomic E-state index is -0.323. The van der Waals surface area contributed by atoms with Crippen LogP contribution in [-0.2, 0) is 24.2 Å². The predicted molar refractivity (Wildman–Crippen MR) is 104 cm³/mol. The van der Waals surface area contributed by atoms with Crippen LogP contribution in [0.3, 0.4) is 0 Å². The molecule has 0 aliphatic heterocycles. The van der Waals surface area contributed by atoms with Crippen molar-refractivity contribution in [2.45, 2.75) is 64.0 Å². The molecule has 1 aromatic heterocycles. The van der Waals surface area contributed by atoms with Gasteiger partial charge in [0, 0.05) is 23.0 Å². The molecule has 1 amide bonds. The van der Waals surface area contributed by atoms with Gasteiger partial charge in [0.15, 0.2) is 0 Å². The van der Waals surface area contributed by atoms with Crippen LogP contribution in [0, 0.1) is 0 Å². The van der Waals surface area contributed by atoms with E-state index >= 15 is 0 Å². The molecule has 1 heterocycles. The van der Waals surface area contributed by atoms with Crippen molar-refractivity contribution in [1.29, 1.82) is 0 Å². The number of rotatable bonds is 4. The van der Waals surface area contributed by atoms with E-state index in [-0.39, 0.29) is 29.7 Å². The zero-order valence-electron chi connectivity index (χ0n) is 15.4. The molecule has 0 spiro atoms. The number of anilines is 1. The summed E-state index contributed by atoms with van der Waals surface area (Å²) in [5.41, 5.74) is 1.73. The standard InChI is InChI=1S/C21H25N3O3/c25-19(22-15-8-3-1-4-9-15)14-23-18-13-7-12-17(18)20(26)24(21(23)27)16-10-5-2-6-11-16/h1,3-4,8-9,16H,2,5-7,10-14H2,(H,22,25). The van der Waals surface area contributed by atoms with Crippen molar-refractivity contribution in [3.05, 3.63) is 62.4 Å². The van der Waals surface area contributed by atoms with Crippen LogP contribution in [0.4, 0.5) is 5.69 Å². The number of hydrogen-bond donors (Lipinski definition) is 1. The van der Waals surface area contributed by atoms with E-state index in [0.717, 1.165) is 49.8 Å². The maximum absolute atomic E-state index is 13.2. The Kier molecular flexibility index (Phi) is 4.97. The number of nitrogens with one attached hydrogen (secondary N) is 1. The summed E-state index contributed by atoms with van der Waals surface area (Å²) in [6.45, 7) is -0.0525. The van der Waals surface area contributed by atoms with Gasteiger partial charge in [0.1, 0.15) is 6.54 Å². The molecule has 4 rings (SSSR count). The van der Waals surface area contributed by atoms with Crippen molar-refractivity contribution in [3.63, 3.8) is 0 Å². The fourth-order valence-electron chi connectivity index (χ4n) is 4.42. The normalized spacial score (nSPS) is 16.9. The lowest BCUT2D eigenvalue weighted by Crippen LogP contribution is -2.46. The number of fused-ring (bicyclic) bond motifs is 1. The van der Waals surface area contributed by atoms with E-state index in [1.807, 2.05) is 30.3 Å². The number of nitrogens with zero attached hydrogens (tertiary/aromatic N) is 2.